The van der Waals surface area contributed by atoms with E-state index in [9.17, 15) is 8.78 Å². The van der Waals surface area contributed by atoms with Gasteiger partial charge in [0.1, 0.15) is 0 Å². The van der Waals surface area contributed by atoms with Crippen LogP contribution in [0.2, 0.25) is 0 Å². The summed E-state index contributed by atoms with van der Waals surface area (Å²) in [6, 6.07) is 13.7. The highest BCUT2D eigenvalue weighted by Gasteiger charge is 2.48. The highest BCUT2D eigenvalue weighted by Crippen LogP contribution is 2.48. The molecule has 1 N–H and O–H groups in total. The molecule has 0 saturated heterocycles. The molecular weight excluding hydrogens is 292 g/mol. The molecule has 0 saturated carbocycles. The van der Waals surface area contributed by atoms with Gasteiger partial charge in [-0.25, -0.2) is 8.78 Å². The molecule has 4 rings (SSSR count). The molecular formula is C20H21F2N. The Balaban J connectivity index is 1.78. The molecule has 1 aliphatic carbocycles. The minimum Gasteiger partial charge on any atom is -0.316 e. The van der Waals surface area contributed by atoms with Crippen LogP contribution in [0.4, 0.5) is 8.78 Å². The molecule has 0 fully saturated rings. The molecule has 2 aromatic rings. The van der Waals surface area contributed by atoms with Crippen LogP contribution in [-0.2, 0) is 25.7 Å². The summed E-state index contributed by atoms with van der Waals surface area (Å²) in [6.07, 6.45) is 2.11. The number of benzene rings is 2. The van der Waals surface area contributed by atoms with E-state index in [4.69, 9.17) is 0 Å². The molecule has 1 atom stereocenters. The fraction of sp³-hybridized carbons (Fsp3) is 0.400. The van der Waals surface area contributed by atoms with Crippen molar-refractivity contribution in [3.05, 3.63) is 70.3 Å². The molecule has 1 aliphatic heterocycles. The van der Waals surface area contributed by atoms with Gasteiger partial charge in [-0.2, -0.15) is 0 Å². The Morgan fingerprint density at radius 3 is 2.52 bits per heavy atom. The van der Waals surface area contributed by atoms with Crippen molar-refractivity contribution in [3.63, 3.8) is 0 Å². The van der Waals surface area contributed by atoms with Gasteiger partial charge < -0.3 is 5.32 Å². The van der Waals surface area contributed by atoms with Gasteiger partial charge in [0.15, 0.2) is 0 Å². The van der Waals surface area contributed by atoms with Crippen molar-refractivity contribution in [3.8, 4) is 0 Å². The normalized spacial score (nSPS) is 22.3. The SMILES string of the molecule is FC1(F)Cc2ccc3c(c2C1Cc1ccccc1)CCNCC3. The van der Waals surface area contributed by atoms with Gasteiger partial charge in [0.05, 0.1) is 5.92 Å². The molecule has 1 heterocycles. The minimum atomic E-state index is -2.65. The lowest BCUT2D eigenvalue weighted by molar-refractivity contribution is -0.0153. The van der Waals surface area contributed by atoms with Crippen molar-refractivity contribution in [2.24, 2.45) is 0 Å². The predicted octanol–water partition coefficient (Wildman–Crippen LogP) is 3.89. The largest absolute Gasteiger partial charge is 0.316 e. The maximum atomic E-state index is 14.7. The lowest BCUT2D eigenvalue weighted by atomic mass is 9.85. The molecule has 3 heteroatoms. The molecule has 2 aliphatic rings. The van der Waals surface area contributed by atoms with E-state index in [1.165, 1.54) is 11.1 Å². The summed E-state index contributed by atoms with van der Waals surface area (Å²) in [7, 11) is 0. The second-order valence-electron chi connectivity index (χ2n) is 6.71. The number of rotatable bonds is 2. The van der Waals surface area contributed by atoms with Crippen LogP contribution in [0.3, 0.4) is 0 Å². The molecule has 1 nitrogen and oxygen atoms in total. The standard InChI is InChI=1S/C20H21F2N/c21-20(22)13-16-7-6-15-8-10-23-11-9-17(15)19(16)18(20)12-14-4-2-1-3-5-14/h1-7,18,23H,8-13H2. The van der Waals surface area contributed by atoms with E-state index < -0.39 is 11.8 Å². The smallest absolute Gasteiger partial charge is 0.259 e. The number of fused-ring (bicyclic) bond motifs is 3. The van der Waals surface area contributed by atoms with Crippen LogP contribution in [0, 0.1) is 0 Å². The fourth-order valence-electron chi connectivity index (χ4n) is 4.13. The predicted molar refractivity (Wildman–Crippen MR) is 88.3 cm³/mol. The maximum Gasteiger partial charge on any atom is 0.259 e. The first-order valence-electron chi connectivity index (χ1n) is 8.41. The average molecular weight is 313 g/mol. The van der Waals surface area contributed by atoms with Gasteiger partial charge in [-0.3, -0.25) is 0 Å². The fourth-order valence-corrected chi connectivity index (χ4v) is 4.13. The third-order valence-corrected chi connectivity index (χ3v) is 5.23. The lowest BCUT2D eigenvalue weighted by Gasteiger charge is -2.22. The molecule has 0 aromatic heterocycles. The van der Waals surface area contributed by atoms with Crippen molar-refractivity contribution >= 4 is 0 Å². The number of halogens is 2. The molecule has 0 radical (unpaired) electrons. The third kappa shape index (κ3) is 2.67. The first-order chi connectivity index (χ1) is 11.1. The van der Waals surface area contributed by atoms with Gasteiger partial charge in [-0.05, 0) is 60.2 Å². The van der Waals surface area contributed by atoms with E-state index in [2.05, 4.69) is 11.4 Å². The Hall–Kier alpha value is -1.74. The van der Waals surface area contributed by atoms with E-state index in [0.717, 1.165) is 42.6 Å². The molecule has 23 heavy (non-hydrogen) atoms. The number of nitrogens with one attached hydrogen (secondary N) is 1. The van der Waals surface area contributed by atoms with Crippen LogP contribution >= 0.6 is 0 Å². The number of alkyl halides is 2. The topological polar surface area (TPSA) is 12.0 Å². The Bertz CT molecular complexity index is 709. The average Bonchev–Trinajstić information content (AvgIpc) is 2.70. The van der Waals surface area contributed by atoms with Gasteiger partial charge in [0.2, 0.25) is 0 Å². The van der Waals surface area contributed by atoms with Gasteiger partial charge in [0.25, 0.3) is 5.92 Å². The zero-order chi connectivity index (χ0) is 15.9. The summed E-state index contributed by atoms with van der Waals surface area (Å²) in [5, 5.41) is 3.38. The van der Waals surface area contributed by atoms with Crippen LogP contribution in [0.5, 0.6) is 0 Å². The highest BCUT2D eigenvalue weighted by atomic mass is 19.3. The van der Waals surface area contributed by atoms with Gasteiger partial charge in [-0.15, -0.1) is 0 Å². The molecule has 2 aromatic carbocycles. The summed E-state index contributed by atoms with van der Waals surface area (Å²) in [6.45, 7) is 1.82. The van der Waals surface area contributed by atoms with Gasteiger partial charge in [0, 0.05) is 6.42 Å². The molecule has 1 unspecified atom stereocenters. The number of hydrogen-bond donors (Lipinski definition) is 1. The highest BCUT2D eigenvalue weighted by molar-refractivity contribution is 5.50. The van der Waals surface area contributed by atoms with Crippen molar-refractivity contribution < 1.29 is 8.78 Å². The Morgan fingerprint density at radius 1 is 0.957 bits per heavy atom. The molecule has 120 valence electrons. The van der Waals surface area contributed by atoms with E-state index >= 15 is 0 Å². The summed E-state index contributed by atoms with van der Waals surface area (Å²) in [4.78, 5) is 0. The van der Waals surface area contributed by atoms with Crippen LogP contribution < -0.4 is 5.32 Å². The van der Waals surface area contributed by atoms with Gasteiger partial charge in [-0.1, -0.05) is 42.5 Å². The summed E-state index contributed by atoms with van der Waals surface area (Å²) >= 11 is 0. The minimum absolute atomic E-state index is 0.111. The Morgan fingerprint density at radius 2 is 1.70 bits per heavy atom. The lowest BCUT2D eigenvalue weighted by Crippen LogP contribution is -2.24. The van der Waals surface area contributed by atoms with E-state index in [1.54, 1.807) is 0 Å². The Kier molecular flexibility index (Phi) is 3.68. The van der Waals surface area contributed by atoms with Crippen LogP contribution in [-0.4, -0.2) is 19.0 Å². The maximum absolute atomic E-state index is 14.7. The Labute approximate surface area is 135 Å². The second-order valence-corrected chi connectivity index (χ2v) is 6.71. The van der Waals surface area contributed by atoms with E-state index in [-0.39, 0.29) is 6.42 Å². The quantitative estimate of drug-likeness (QED) is 0.887. The first kappa shape index (κ1) is 14.8. The van der Waals surface area contributed by atoms with Crippen molar-refractivity contribution in [2.45, 2.75) is 37.5 Å². The summed E-state index contributed by atoms with van der Waals surface area (Å²) < 4.78 is 29.5. The van der Waals surface area contributed by atoms with Crippen molar-refractivity contribution in [2.75, 3.05) is 13.1 Å². The van der Waals surface area contributed by atoms with Gasteiger partial charge >= 0.3 is 0 Å². The summed E-state index contributed by atoms with van der Waals surface area (Å²) in [5.41, 5.74) is 5.24. The van der Waals surface area contributed by atoms with Crippen LogP contribution in [0.1, 0.15) is 33.7 Å². The third-order valence-electron chi connectivity index (χ3n) is 5.23. The van der Waals surface area contributed by atoms with E-state index in [0.29, 0.717) is 6.42 Å². The van der Waals surface area contributed by atoms with E-state index in [1.807, 2.05) is 36.4 Å². The van der Waals surface area contributed by atoms with Crippen molar-refractivity contribution in [1.29, 1.82) is 0 Å². The summed E-state index contributed by atoms with van der Waals surface area (Å²) in [5.74, 6) is -3.33. The molecule has 0 spiro atoms. The second kappa shape index (κ2) is 5.72. The van der Waals surface area contributed by atoms with Crippen LogP contribution in [0.15, 0.2) is 42.5 Å². The van der Waals surface area contributed by atoms with Crippen molar-refractivity contribution in [1.82, 2.24) is 5.32 Å². The monoisotopic (exact) mass is 313 g/mol. The van der Waals surface area contributed by atoms with Crippen LogP contribution in [0.25, 0.3) is 0 Å². The zero-order valence-corrected chi connectivity index (χ0v) is 13.1. The number of hydrogen-bond acceptors (Lipinski definition) is 1. The molecule has 0 bridgehead atoms. The zero-order valence-electron chi connectivity index (χ0n) is 13.1. The first-order valence-corrected chi connectivity index (χ1v) is 8.41. The molecule has 0 amide bonds.